The van der Waals surface area contributed by atoms with Crippen molar-refractivity contribution in [1.82, 2.24) is 0 Å². The first-order valence-electron chi connectivity index (χ1n) is 0. The third kappa shape index (κ3) is 8.82. The van der Waals surface area contributed by atoms with Crippen molar-refractivity contribution in [2.45, 2.75) is 0 Å². The van der Waals surface area contributed by atoms with Crippen LogP contribution in [0, 0.1) is 0 Å². The van der Waals surface area contributed by atoms with Crippen LogP contribution in [0.3, 0.4) is 0 Å². The van der Waals surface area contributed by atoms with Crippen LogP contribution in [0.5, 0.6) is 0 Å². The molecule has 0 aliphatic heterocycles. The van der Waals surface area contributed by atoms with Crippen molar-refractivity contribution in [1.29, 1.82) is 0 Å². The van der Waals surface area contributed by atoms with E-state index in [1.54, 1.807) is 0 Å². The van der Waals surface area contributed by atoms with E-state index in [0.29, 0.717) is 0 Å². The van der Waals surface area contributed by atoms with Gasteiger partial charge in [0.25, 0.3) is 0 Å². The fourth-order valence-electron chi connectivity index (χ4n) is 0. The third-order valence-corrected chi connectivity index (χ3v) is 0. The Kier molecular flexibility index (Phi) is 130. The van der Waals surface area contributed by atoms with E-state index in [4.69, 9.17) is 0 Å². The van der Waals surface area contributed by atoms with Crippen LogP contribution in [0.15, 0.2) is 0 Å². The summed E-state index contributed by atoms with van der Waals surface area (Å²) in [5.74, 6) is 0. The van der Waals surface area contributed by atoms with E-state index >= 15 is 0 Å². The maximum atomic E-state index is 0. The zero-order valence-electron chi connectivity index (χ0n) is 1.01. The summed E-state index contributed by atoms with van der Waals surface area (Å²) < 4.78 is 0. The fourth-order valence-corrected chi connectivity index (χ4v) is 0. The number of hydrogen-bond acceptors (Lipinski definition) is 0. The first-order chi connectivity index (χ1) is 0. The molecule has 0 aliphatic carbocycles. The minimum atomic E-state index is 0. The monoisotopic (exact) mass is 181 g/mol. The Morgan fingerprint density at radius 2 is 1.00 bits per heavy atom. The van der Waals surface area contributed by atoms with Gasteiger partial charge >= 0.3 is 29.6 Å². The zero-order valence-corrected chi connectivity index (χ0v) is 4.92. The minimum absolute atomic E-state index is 0. The van der Waals surface area contributed by atoms with Crippen molar-refractivity contribution in [3.8, 4) is 0 Å². The molecule has 0 aromatic rings. The van der Waals surface area contributed by atoms with Crippen LogP contribution in [0.1, 0.15) is 0 Å². The van der Waals surface area contributed by atoms with Gasteiger partial charge in [-0.05, 0) is 0 Å². The molecule has 0 rings (SSSR count). The van der Waals surface area contributed by atoms with Crippen LogP contribution < -0.4 is 0 Å². The summed E-state index contributed by atoms with van der Waals surface area (Å²) in [7, 11) is 0. The Morgan fingerprint density at radius 3 is 1.00 bits per heavy atom. The summed E-state index contributed by atoms with van der Waals surface area (Å²) in [6.45, 7) is 0. The summed E-state index contributed by atoms with van der Waals surface area (Å²) >= 11 is 0. The van der Waals surface area contributed by atoms with Crippen LogP contribution in [-0.4, -0.2) is 46.9 Å². The molecule has 0 nitrogen and oxygen atoms in total. The van der Waals surface area contributed by atoms with Gasteiger partial charge in [0.15, 0.2) is 17.4 Å². The van der Waals surface area contributed by atoms with Gasteiger partial charge in [0.2, 0.25) is 0 Å². The average Bonchev–Trinajstić information content (AvgIpc) is 0. The van der Waals surface area contributed by atoms with E-state index in [-0.39, 0.29) is 83.5 Å². The fraction of sp³-hybridized carbons (Fsp3) is 0. The molecule has 0 atom stereocenters. The van der Waals surface area contributed by atoms with Gasteiger partial charge in [-0.15, -0.1) is 0 Å². The van der Waals surface area contributed by atoms with E-state index in [9.17, 15) is 0 Å². The SMILES string of the molecule is [AlH3].[Cu].[NaH].[Zn]. The van der Waals surface area contributed by atoms with Gasteiger partial charge in [-0.1, -0.05) is 0 Å². The van der Waals surface area contributed by atoms with Crippen LogP contribution in [-0.2, 0) is 36.5 Å². The molecule has 0 bridgehead atoms. The first kappa shape index (κ1) is 30.0. The Hall–Kier alpha value is 2.68. The Labute approximate surface area is 82.1 Å². The van der Waals surface area contributed by atoms with Crippen molar-refractivity contribution in [2.75, 3.05) is 0 Å². The molecule has 0 aromatic carbocycles. The maximum absolute atomic E-state index is 0. The predicted molar refractivity (Wildman–Crippen MR) is 17.1 cm³/mol. The van der Waals surface area contributed by atoms with Crippen molar-refractivity contribution in [3.63, 3.8) is 0 Å². The standard InChI is InChI=1S/Al.Cu.Na.Zn.4H. The molecule has 0 aromatic heterocycles. The molecule has 0 saturated heterocycles. The van der Waals surface area contributed by atoms with E-state index in [1.807, 2.05) is 0 Å². The largest absolute Gasteiger partial charge is 0 e. The summed E-state index contributed by atoms with van der Waals surface area (Å²) in [6, 6.07) is 0. The van der Waals surface area contributed by atoms with Crippen molar-refractivity contribution in [3.05, 3.63) is 0 Å². The van der Waals surface area contributed by atoms with E-state index < -0.39 is 0 Å². The smallest absolute Gasteiger partial charge is 0 e. The van der Waals surface area contributed by atoms with Crippen molar-refractivity contribution in [2.24, 2.45) is 0 Å². The van der Waals surface area contributed by atoms with Gasteiger partial charge < -0.3 is 0 Å². The van der Waals surface area contributed by atoms with E-state index in [0.717, 1.165) is 0 Å². The molecule has 0 spiro atoms. The van der Waals surface area contributed by atoms with Crippen LogP contribution in [0.2, 0.25) is 0 Å². The molecule has 0 saturated carbocycles. The predicted octanol–water partition coefficient (Wildman–Crippen LogP) is -1.84. The molecule has 0 unspecified atom stereocenters. The van der Waals surface area contributed by atoms with Crippen molar-refractivity contribution >= 4 is 46.9 Å². The second-order valence-electron chi connectivity index (χ2n) is 0. The normalized spacial score (nSPS) is 0. The quantitative estimate of drug-likeness (QED) is 0.387. The van der Waals surface area contributed by atoms with Crippen molar-refractivity contribution < 1.29 is 36.5 Å². The molecule has 0 fully saturated rings. The summed E-state index contributed by atoms with van der Waals surface area (Å²) in [5.41, 5.74) is 0. The Morgan fingerprint density at radius 1 is 1.00 bits per heavy atom. The van der Waals surface area contributed by atoms with Crippen LogP contribution in [0.4, 0.5) is 0 Å². The summed E-state index contributed by atoms with van der Waals surface area (Å²) in [5, 5.41) is 0. The molecule has 0 heterocycles. The molecule has 4 heavy (non-hydrogen) atoms. The molecule has 21 valence electrons. The summed E-state index contributed by atoms with van der Waals surface area (Å²) in [4.78, 5) is 0. The molecule has 4 heteroatoms. The van der Waals surface area contributed by atoms with Gasteiger partial charge in [-0.2, -0.15) is 0 Å². The van der Waals surface area contributed by atoms with Gasteiger partial charge in [0, 0.05) is 36.5 Å². The second kappa shape index (κ2) is 17.3. The zero-order chi connectivity index (χ0) is 0. The molecule has 0 aliphatic rings. The molecule has 1 radical (unpaired) electrons. The first-order valence-corrected chi connectivity index (χ1v) is 0. The average molecular weight is 183 g/mol. The third-order valence-electron chi connectivity index (χ3n) is 0. The minimum Gasteiger partial charge on any atom is 0 e. The van der Waals surface area contributed by atoms with Gasteiger partial charge in [-0.3, -0.25) is 0 Å². The Balaban J connectivity index is 0. The topological polar surface area (TPSA) is 0 Å². The van der Waals surface area contributed by atoms with Gasteiger partial charge in [-0.25, -0.2) is 0 Å². The van der Waals surface area contributed by atoms with Gasteiger partial charge in [0.1, 0.15) is 0 Å². The molecular weight excluding hydrogens is 179 g/mol. The second-order valence-corrected chi connectivity index (χ2v) is 0. The number of hydrogen-bond donors (Lipinski definition) is 0. The maximum Gasteiger partial charge on any atom is 0 e. The number of rotatable bonds is 0. The van der Waals surface area contributed by atoms with Gasteiger partial charge in [0.05, 0.1) is 0 Å². The van der Waals surface area contributed by atoms with E-state index in [1.165, 1.54) is 0 Å². The molecule has 0 N–H and O–H groups in total. The van der Waals surface area contributed by atoms with Crippen LogP contribution >= 0.6 is 0 Å². The van der Waals surface area contributed by atoms with Crippen LogP contribution in [0.25, 0.3) is 0 Å². The van der Waals surface area contributed by atoms with E-state index in [2.05, 4.69) is 0 Å². The summed E-state index contributed by atoms with van der Waals surface area (Å²) in [6.07, 6.45) is 0. The molecule has 0 amide bonds. The Bertz CT molecular complexity index is 8.00. The molecular formula is H4AlCuNaZn.